The Hall–Kier alpha value is -8.61. The van der Waals surface area contributed by atoms with Crippen LogP contribution in [0.4, 0.5) is 0 Å². The predicted molar refractivity (Wildman–Crippen MR) is 259 cm³/mol. The molecule has 0 radical (unpaired) electrons. The van der Waals surface area contributed by atoms with Gasteiger partial charge in [0, 0.05) is 66.1 Å². The summed E-state index contributed by atoms with van der Waals surface area (Å²) in [6, 6.07) is 77.3. The summed E-state index contributed by atoms with van der Waals surface area (Å²) in [6.45, 7) is 0. The van der Waals surface area contributed by atoms with Gasteiger partial charge in [-0.15, -0.1) is 0 Å². The third kappa shape index (κ3) is 5.41. The molecule has 0 fully saturated rings. The maximum Gasteiger partial charge on any atom is 0.164 e. The molecule has 63 heavy (non-hydrogen) atoms. The minimum absolute atomic E-state index is 0.630. The van der Waals surface area contributed by atoms with Gasteiger partial charge in [0.25, 0.3) is 0 Å². The maximum atomic E-state index is 5.23. The van der Waals surface area contributed by atoms with E-state index in [0.29, 0.717) is 17.5 Å². The van der Waals surface area contributed by atoms with Crippen molar-refractivity contribution in [3.63, 3.8) is 0 Å². The van der Waals surface area contributed by atoms with Crippen molar-refractivity contribution in [2.75, 3.05) is 0 Å². The molecule has 0 aliphatic rings. The highest BCUT2D eigenvalue weighted by Gasteiger charge is 2.24. The number of fused-ring (bicyclic) bond motifs is 10. The smallest absolute Gasteiger partial charge is 0.164 e. The number of para-hydroxylation sites is 4. The Bertz CT molecular complexity index is 3830. The first-order valence-electron chi connectivity index (χ1n) is 21.3. The van der Waals surface area contributed by atoms with Crippen LogP contribution in [0.5, 0.6) is 0 Å². The van der Waals surface area contributed by atoms with Crippen LogP contribution in [-0.4, -0.2) is 28.7 Å². The molecule has 6 nitrogen and oxygen atoms in total. The van der Waals surface area contributed by atoms with Gasteiger partial charge in [-0.3, -0.25) is 0 Å². The van der Waals surface area contributed by atoms with Gasteiger partial charge in [-0.2, -0.15) is 0 Å². The molecule has 0 spiro atoms. The number of nitrogens with zero attached hydrogens (tertiary/aromatic N) is 6. The monoisotopic (exact) mass is 804 g/mol. The summed E-state index contributed by atoms with van der Waals surface area (Å²) in [5.41, 5.74) is 13.0. The Balaban J connectivity index is 1.12. The summed E-state index contributed by atoms with van der Waals surface area (Å²) in [5, 5.41) is 7.04. The fraction of sp³-hybridized carbons (Fsp3) is 0. The second-order valence-electron chi connectivity index (χ2n) is 16.0. The molecule has 0 atom stereocenters. The van der Waals surface area contributed by atoms with Gasteiger partial charge in [0.2, 0.25) is 0 Å². The van der Waals surface area contributed by atoms with Crippen molar-refractivity contribution in [1.82, 2.24) is 28.7 Å². The normalized spacial score (nSPS) is 11.8. The van der Waals surface area contributed by atoms with E-state index in [4.69, 9.17) is 15.0 Å². The van der Waals surface area contributed by atoms with Crippen molar-refractivity contribution in [3.05, 3.63) is 218 Å². The van der Waals surface area contributed by atoms with Crippen LogP contribution >= 0.6 is 0 Å². The number of rotatable bonds is 6. The van der Waals surface area contributed by atoms with Gasteiger partial charge in [-0.1, -0.05) is 158 Å². The Labute approximate surface area is 362 Å². The molecular formula is C57H36N6. The van der Waals surface area contributed by atoms with Gasteiger partial charge in [0.15, 0.2) is 17.5 Å². The van der Waals surface area contributed by atoms with Crippen molar-refractivity contribution < 1.29 is 0 Å². The van der Waals surface area contributed by atoms with E-state index in [1.807, 2.05) is 36.4 Å². The Morgan fingerprint density at radius 3 is 1.41 bits per heavy atom. The van der Waals surface area contributed by atoms with Gasteiger partial charge in [-0.25, -0.2) is 15.0 Å². The summed E-state index contributed by atoms with van der Waals surface area (Å²) in [5.74, 6) is 1.90. The average Bonchev–Trinajstić information content (AvgIpc) is 4.00. The van der Waals surface area contributed by atoms with Crippen LogP contribution in [0.1, 0.15) is 0 Å². The van der Waals surface area contributed by atoms with Crippen molar-refractivity contribution in [2.45, 2.75) is 0 Å². The standard InChI is InChI=1S/C57H36N6/c1-5-18-37(19-6-1)55-58-56(38-20-7-2-8-21-38)60-57(59-55)46-28-17-31-49-52(46)45-34-35-50-53(54(45)63(49)40-24-11-4-12-25-40)44-27-14-16-30-48(44)62(50)41-32-33-43-42-26-13-15-29-47(42)61(51(43)36-41)39-22-9-3-10-23-39/h1-36H. The highest BCUT2D eigenvalue weighted by molar-refractivity contribution is 6.28. The first kappa shape index (κ1) is 35.2. The van der Waals surface area contributed by atoms with Crippen LogP contribution in [0.15, 0.2) is 218 Å². The third-order valence-corrected chi connectivity index (χ3v) is 12.5. The van der Waals surface area contributed by atoms with Crippen molar-refractivity contribution in [3.8, 4) is 51.2 Å². The Morgan fingerprint density at radius 1 is 0.270 bits per heavy atom. The molecule has 9 aromatic carbocycles. The van der Waals surface area contributed by atoms with Crippen LogP contribution in [0.25, 0.3) is 117 Å². The molecule has 0 aliphatic heterocycles. The number of aromatic nitrogens is 6. The van der Waals surface area contributed by atoms with E-state index < -0.39 is 0 Å². The van der Waals surface area contributed by atoms with E-state index in [2.05, 4.69) is 196 Å². The zero-order valence-electron chi connectivity index (χ0n) is 34.0. The average molecular weight is 805 g/mol. The molecule has 0 saturated carbocycles. The van der Waals surface area contributed by atoms with Crippen LogP contribution in [0, 0.1) is 0 Å². The Morgan fingerprint density at radius 2 is 0.746 bits per heavy atom. The zero-order chi connectivity index (χ0) is 41.4. The number of hydrogen-bond donors (Lipinski definition) is 0. The molecule has 0 unspecified atom stereocenters. The molecule has 0 saturated heterocycles. The second-order valence-corrected chi connectivity index (χ2v) is 16.0. The van der Waals surface area contributed by atoms with Gasteiger partial charge >= 0.3 is 0 Å². The fourth-order valence-corrected chi connectivity index (χ4v) is 9.80. The van der Waals surface area contributed by atoms with Crippen molar-refractivity contribution >= 4 is 65.4 Å². The molecule has 0 aliphatic carbocycles. The highest BCUT2D eigenvalue weighted by Crippen LogP contribution is 2.45. The molecule has 0 N–H and O–H groups in total. The first-order chi connectivity index (χ1) is 31.3. The summed E-state index contributed by atoms with van der Waals surface area (Å²) < 4.78 is 7.26. The molecule has 0 bridgehead atoms. The van der Waals surface area contributed by atoms with E-state index in [0.717, 1.165) is 72.1 Å². The number of hydrogen-bond acceptors (Lipinski definition) is 3. The quantitative estimate of drug-likeness (QED) is 0.168. The van der Waals surface area contributed by atoms with Crippen molar-refractivity contribution in [1.29, 1.82) is 0 Å². The van der Waals surface area contributed by atoms with E-state index in [1.54, 1.807) is 0 Å². The van der Waals surface area contributed by atoms with E-state index in [1.165, 1.54) is 27.1 Å². The largest absolute Gasteiger partial charge is 0.309 e. The molecular weight excluding hydrogens is 769 g/mol. The van der Waals surface area contributed by atoms with Crippen LogP contribution in [0.3, 0.4) is 0 Å². The van der Waals surface area contributed by atoms with Crippen LogP contribution in [-0.2, 0) is 0 Å². The summed E-state index contributed by atoms with van der Waals surface area (Å²) >= 11 is 0. The van der Waals surface area contributed by atoms with Crippen molar-refractivity contribution in [2.24, 2.45) is 0 Å². The number of benzene rings is 9. The molecule has 13 aromatic rings. The molecule has 4 heterocycles. The third-order valence-electron chi connectivity index (χ3n) is 12.5. The van der Waals surface area contributed by atoms with E-state index in [-0.39, 0.29) is 0 Å². The molecule has 0 amide bonds. The Kier molecular flexibility index (Phi) is 7.80. The lowest BCUT2D eigenvalue weighted by atomic mass is 10.0. The maximum absolute atomic E-state index is 5.23. The summed E-state index contributed by atoms with van der Waals surface area (Å²) in [4.78, 5) is 15.5. The highest BCUT2D eigenvalue weighted by atomic mass is 15.0. The van der Waals surface area contributed by atoms with Gasteiger partial charge < -0.3 is 13.7 Å². The zero-order valence-corrected chi connectivity index (χ0v) is 34.0. The topological polar surface area (TPSA) is 53.5 Å². The van der Waals surface area contributed by atoms with Gasteiger partial charge in [0.1, 0.15) is 0 Å². The summed E-state index contributed by atoms with van der Waals surface area (Å²) in [7, 11) is 0. The van der Waals surface area contributed by atoms with Gasteiger partial charge in [0.05, 0.1) is 33.1 Å². The van der Waals surface area contributed by atoms with Gasteiger partial charge in [-0.05, 0) is 60.7 Å². The summed E-state index contributed by atoms with van der Waals surface area (Å²) in [6.07, 6.45) is 0. The SMILES string of the molecule is c1ccc(-c2nc(-c3ccccc3)nc(-c3cccc4c3c3ccc5c(c6ccccc6n5-c5ccc6c7ccccc7n(-c7ccccc7)c6c5)c3n4-c3ccccc3)n2)cc1. The predicted octanol–water partition coefficient (Wildman–Crippen LogP) is 14.2. The molecule has 294 valence electrons. The minimum atomic E-state index is 0.630. The first-order valence-corrected chi connectivity index (χ1v) is 21.3. The second kappa shape index (κ2) is 14.0. The molecule has 4 aromatic heterocycles. The lowest BCUT2D eigenvalue weighted by Crippen LogP contribution is -2.00. The van der Waals surface area contributed by atoms with Crippen LogP contribution in [0.2, 0.25) is 0 Å². The van der Waals surface area contributed by atoms with E-state index >= 15 is 0 Å². The molecule has 6 heteroatoms. The lowest BCUT2D eigenvalue weighted by molar-refractivity contribution is 1.08. The van der Waals surface area contributed by atoms with Crippen LogP contribution < -0.4 is 0 Å². The lowest BCUT2D eigenvalue weighted by Gasteiger charge is -2.12. The molecule has 13 rings (SSSR count). The van der Waals surface area contributed by atoms with E-state index in [9.17, 15) is 0 Å². The fourth-order valence-electron chi connectivity index (χ4n) is 9.80. The minimum Gasteiger partial charge on any atom is -0.309 e.